The highest BCUT2D eigenvalue weighted by Crippen LogP contribution is 2.42. The monoisotopic (exact) mass is 250 g/mol. The summed E-state index contributed by atoms with van der Waals surface area (Å²) in [6.45, 7) is 3.99. The van der Waals surface area contributed by atoms with Gasteiger partial charge in [0.05, 0.1) is 5.60 Å². The van der Waals surface area contributed by atoms with Gasteiger partial charge in [0.2, 0.25) is 0 Å². The van der Waals surface area contributed by atoms with Crippen LogP contribution in [0.3, 0.4) is 0 Å². The van der Waals surface area contributed by atoms with Crippen molar-refractivity contribution in [1.29, 1.82) is 0 Å². The highest BCUT2D eigenvalue weighted by molar-refractivity contribution is 5.24. The Hall–Kier alpha value is -0.890. The first-order chi connectivity index (χ1) is 8.55. The molecule has 1 nitrogen and oxygen atoms in total. The van der Waals surface area contributed by atoms with Crippen molar-refractivity contribution in [2.45, 2.75) is 51.6 Å². The lowest BCUT2D eigenvalue weighted by atomic mass is 9.71. The second kappa shape index (κ2) is 5.40. The zero-order valence-corrected chi connectivity index (χ0v) is 11.3. The van der Waals surface area contributed by atoms with E-state index in [2.05, 4.69) is 6.92 Å². The van der Waals surface area contributed by atoms with E-state index in [0.717, 1.165) is 31.6 Å². The van der Waals surface area contributed by atoms with Crippen molar-refractivity contribution in [1.82, 2.24) is 0 Å². The molecule has 0 spiro atoms. The van der Waals surface area contributed by atoms with Crippen LogP contribution < -0.4 is 0 Å². The van der Waals surface area contributed by atoms with Crippen LogP contribution in [0.25, 0.3) is 0 Å². The molecule has 1 saturated carbocycles. The van der Waals surface area contributed by atoms with Gasteiger partial charge in [0.25, 0.3) is 0 Å². The largest absolute Gasteiger partial charge is 0.385 e. The first-order valence-corrected chi connectivity index (χ1v) is 7.03. The van der Waals surface area contributed by atoms with Gasteiger partial charge in [-0.25, -0.2) is 4.39 Å². The molecule has 0 bridgehead atoms. The Morgan fingerprint density at radius 2 is 1.83 bits per heavy atom. The third kappa shape index (κ3) is 2.59. The highest BCUT2D eigenvalue weighted by Gasteiger charge is 2.37. The second-order valence-electron chi connectivity index (χ2n) is 5.75. The molecule has 0 aliphatic heterocycles. The molecular formula is C16H23FO. The summed E-state index contributed by atoms with van der Waals surface area (Å²) in [5, 5.41) is 10.7. The van der Waals surface area contributed by atoms with Gasteiger partial charge in [-0.05, 0) is 37.7 Å². The van der Waals surface area contributed by atoms with Crippen LogP contribution in [-0.4, -0.2) is 5.11 Å². The molecule has 1 unspecified atom stereocenters. The molecule has 1 fully saturated rings. The fraction of sp³-hybridized carbons (Fsp3) is 0.625. The Bertz CT molecular complexity index is 392. The zero-order valence-electron chi connectivity index (χ0n) is 11.3. The van der Waals surface area contributed by atoms with Gasteiger partial charge in [0.15, 0.2) is 0 Å². The Morgan fingerprint density at radius 1 is 1.22 bits per heavy atom. The maximum Gasteiger partial charge on any atom is 0.129 e. The Morgan fingerprint density at radius 3 is 2.39 bits per heavy atom. The van der Waals surface area contributed by atoms with Crippen molar-refractivity contribution in [3.8, 4) is 0 Å². The van der Waals surface area contributed by atoms with Crippen LogP contribution in [0.4, 0.5) is 4.39 Å². The Kier molecular flexibility index (Phi) is 4.06. The van der Waals surface area contributed by atoms with Crippen LogP contribution in [0.15, 0.2) is 24.3 Å². The van der Waals surface area contributed by atoms with Crippen molar-refractivity contribution in [3.63, 3.8) is 0 Å². The quantitative estimate of drug-likeness (QED) is 0.850. The van der Waals surface area contributed by atoms with Crippen LogP contribution in [0.2, 0.25) is 0 Å². The molecule has 1 aromatic carbocycles. The highest BCUT2D eigenvalue weighted by atomic mass is 19.1. The van der Waals surface area contributed by atoms with Crippen LogP contribution in [0.1, 0.15) is 51.5 Å². The van der Waals surface area contributed by atoms with E-state index in [1.165, 1.54) is 12.5 Å². The molecule has 1 aromatic rings. The molecule has 0 aromatic heterocycles. The van der Waals surface area contributed by atoms with Crippen molar-refractivity contribution < 1.29 is 9.50 Å². The lowest BCUT2D eigenvalue weighted by Gasteiger charge is -2.38. The number of aliphatic hydroxyl groups is 1. The summed E-state index contributed by atoms with van der Waals surface area (Å²) in [5.74, 6) is 0.676. The van der Waals surface area contributed by atoms with E-state index in [9.17, 15) is 9.50 Å². The summed E-state index contributed by atoms with van der Waals surface area (Å²) in [4.78, 5) is 0. The Balaban J connectivity index is 2.14. The molecule has 0 saturated heterocycles. The van der Waals surface area contributed by atoms with Crippen molar-refractivity contribution in [3.05, 3.63) is 35.6 Å². The van der Waals surface area contributed by atoms with Gasteiger partial charge < -0.3 is 5.11 Å². The minimum absolute atomic E-state index is 0.178. The SMILES string of the molecule is CCC1CCC(C(C)(O)c2ccccc2F)CC1. The van der Waals surface area contributed by atoms with Gasteiger partial charge in [0.1, 0.15) is 5.82 Å². The summed E-state index contributed by atoms with van der Waals surface area (Å²) in [6, 6.07) is 6.61. The summed E-state index contributed by atoms with van der Waals surface area (Å²) >= 11 is 0. The van der Waals surface area contributed by atoms with Gasteiger partial charge in [-0.15, -0.1) is 0 Å². The first kappa shape index (κ1) is 13.5. The molecule has 1 aliphatic carbocycles. The average molecular weight is 250 g/mol. The molecule has 1 aliphatic rings. The molecule has 2 heteroatoms. The lowest BCUT2D eigenvalue weighted by Crippen LogP contribution is -2.35. The van der Waals surface area contributed by atoms with E-state index in [-0.39, 0.29) is 11.7 Å². The third-order valence-corrected chi connectivity index (χ3v) is 4.64. The van der Waals surface area contributed by atoms with E-state index in [0.29, 0.717) is 5.56 Å². The van der Waals surface area contributed by atoms with Gasteiger partial charge in [-0.3, -0.25) is 0 Å². The van der Waals surface area contributed by atoms with E-state index in [4.69, 9.17) is 0 Å². The zero-order chi connectivity index (χ0) is 13.2. The molecule has 100 valence electrons. The molecule has 0 heterocycles. The van der Waals surface area contributed by atoms with E-state index in [1.807, 2.05) is 0 Å². The van der Waals surface area contributed by atoms with Crippen LogP contribution in [0, 0.1) is 17.7 Å². The number of hydrogen-bond acceptors (Lipinski definition) is 1. The van der Waals surface area contributed by atoms with E-state index in [1.54, 1.807) is 25.1 Å². The van der Waals surface area contributed by atoms with Gasteiger partial charge in [-0.2, -0.15) is 0 Å². The maximum atomic E-state index is 13.8. The summed E-state index contributed by atoms with van der Waals surface area (Å²) < 4.78 is 13.8. The molecule has 1 atom stereocenters. The number of hydrogen-bond donors (Lipinski definition) is 1. The van der Waals surface area contributed by atoms with E-state index < -0.39 is 5.60 Å². The number of benzene rings is 1. The van der Waals surface area contributed by atoms with Gasteiger partial charge in [0, 0.05) is 5.56 Å². The number of rotatable bonds is 3. The predicted molar refractivity (Wildman–Crippen MR) is 71.7 cm³/mol. The maximum absolute atomic E-state index is 13.8. The molecule has 0 amide bonds. The van der Waals surface area contributed by atoms with Gasteiger partial charge in [-0.1, -0.05) is 44.4 Å². The smallest absolute Gasteiger partial charge is 0.129 e. The minimum atomic E-state index is -1.04. The standard InChI is InChI=1S/C16H23FO/c1-3-12-8-10-13(11-9-12)16(2,18)14-6-4-5-7-15(14)17/h4-7,12-13,18H,3,8-11H2,1-2H3. The lowest BCUT2D eigenvalue weighted by molar-refractivity contribution is -0.0302. The fourth-order valence-corrected chi connectivity index (χ4v) is 3.22. The third-order valence-electron chi connectivity index (χ3n) is 4.64. The second-order valence-corrected chi connectivity index (χ2v) is 5.75. The molecule has 18 heavy (non-hydrogen) atoms. The summed E-state index contributed by atoms with van der Waals surface area (Å²) in [6.07, 6.45) is 5.53. The first-order valence-electron chi connectivity index (χ1n) is 7.03. The van der Waals surface area contributed by atoms with Crippen molar-refractivity contribution in [2.75, 3.05) is 0 Å². The minimum Gasteiger partial charge on any atom is -0.385 e. The fourth-order valence-electron chi connectivity index (χ4n) is 3.22. The van der Waals surface area contributed by atoms with Gasteiger partial charge >= 0.3 is 0 Å². The van der Waals surface area contributed by atoms with Crippen LogP contribution in [-0.2, 0) is 5.60 Å². The van der Waals surface area contributed by atoms with Crippen LogP contribution in [0.5, 0.6) is 0 Å². The predicted octanol–water partition coefficient (Wildman–Crippen LogP) is 4.25. The summed E-state index contributed by atoms with van der Waals surface area (Å²) in [5.41, 5.74) is -0.589. The van der Waals surface area contributed by atoms with Crippen LogP contribution >= 0.6 is 0 Å². The Labute approximate surface area is 109 Å². The molecule has 0 radical (unpaired) electrons. The normalized spacial score (nSPS) is 27.8. The average Bonchev–Trinajstić information content (AvgIpc) is 2.39. The van der Waals surface area contributed by atoms with E-state index >= 15 is 0 Å². The molecule has 2 rings (SSSR count). The molecule has 1 N–H and O–H groups in total. The van der Waals surface area contributed by atoms with Crippen molar-refractivity contribution in [2.24, 2.45) is 11.8 Å². The summed E-state index contributed by atoms with van der Waals surface area (Å²) in [7, 11) is 0. The van der Waals surface area contributed by atoms with Crippen molar-refractivity contribution >= 4 is 0 Å². The number of halogens is 1. The molecular weight excluding hydrogens is 227 g/mol. The topological polar surface area (TPSA) is 20.2 Å².